The van der Waals surface area contributed by atoms with E-state index in [0.717, 1.165) is 32.5 Å². The number of nitrogens with zero attached hydrogens (tertiary/aromatic N) is 1. The Bertz CT molecular complexity index is 562. The molecule has 0 radical (unpaired) electrons. The fourth-order valence-electron chi connectivity index (χ4n) is 4.63. The Hall–Kier alpha value is -0.940. The molecule has 1 aromatic rings. The topological polar surface area (TPSA) is 44.7 Å². The zero-order chi connectivity index (χ0) is 18.1. The summed E-state index contributed by atoms with van der Waals surface area (Å²) in [4.78, 5) is 2.55. The van der Waals surface area contributed by atoms with Crippen molar-refractivity contribution in [2.45, 2.75) is 64.3 Å². The molecule has 0 bridgehead atoms. The lowest BCUT2D eigenvalue weighted by molar-refractivity contribution is -0.180. The van der Waals surface area contributed by atoms with Gasteiger partial charge in [-0.15, -0.1) is 0 Å². The minimum absolute atomic E-state index is 0.0454. The Labute approximate surface area is 152 Å². The summed E-state index contributed by atoms with van der Waals surface area (Å²) in [6.07, 6.45) is 2.27. The molecule has 2 N–H and O–H groups in total. The molecule has 1 saturated carbocycles. The molecule has 1 heterocycles. The van der Waals surface area contributed by atoms with Crippen LogP contribution in [-0.4, -0.2) is 54.0 Å². The van der Waals surface area contributed by atoms with Gasteiger partial charge in [-0.05, 0) is 32.3 Å². The molecule has 3 rings (SSSR count). The molecule has 2 aliphatic rings. The van der Waals surface area contributed by atoms with Crippen LogP contribution in [0.2, 0.25) is 0 Å². The highest BCUT2D eigenvalue weighted by Gasteiger charge is 2.61. The van der Waals surface area contributed by atoms with Crippen molar-refractivity contribution in [1.82, 2.24) is 10.2 Å². The Morgan fingerprint density at radius 3 is 2.64 bits per heavy atom. The number of ether oxygens (including phenoxy) is 1. The number of aliphatic hydroxyl groups excluding tert-OH is 1. The van der Waals surface area contributed by atoms with Gasteiger partial charge in [-0.1, -0.05) is 44.2 Å². The third kappa shape index (κ3) is 3.37. The van der Waals surface area contributed by atoms with Gasteiger partial charge in [0.1, 0.15) is 0 Å². The minimum Gasteiger partial charge on any atom is -0.394 e. The van der Waals surface area contributed by atoms with E-state index in [4.69, 9.17) is 4.74 Å². The summed E-state index contributed by atoms with van der Waals surface area (Å²) in [7, 11) is 0. The SMILES string of the molecule is CCO[C@@H]1C[C@](CO)(N[C@@H]2CCN([C@H](C)c3ccccc3)C2)C1(C)C. The normalized spacial score (nSPS) is 33.2. The number of aliphatic hydroxyl groups is 1. The lowest BCUT2D eigenvalue weighted by Gasteiger charge is -2.61. The zero-order valence-electron chi connectivity index (χ0n) is 16.2. The molecule has 2 fully saturated rings. The van der Waals surface area contributed by atoms with Crippen LogP contribution in [0.15, 0.2) is 30.3 Å². The molecule has 1 saturated heterocycles. The summed E-state index contributed by atoms with van der Waals surface area (Å²) in [5.41, 5.74) is 1.11. The van der Waals surface area contributed by atoms with Crippen molar-refractivity contribution < 1.29 is 9.84 Å². The van der Waals surface area contributed by atoms with Crippen molar-refractivity contribution in [3.8, 4) is 0 Å². The molecule has 1 aromatic carbocycles. The van der Waals surface area contributed by atoms with Crippen LogP contribution in [0.3, 0.4) is 0 Å². The summed E-state index contributed by atoms with van der Waals surface area (Å²) in [6, 6.07) is 11.6. The highest BCUT2D eigenvalue weighted by Crippen LogP contribution is 2.51. The van der Waals surface area contributed by atoms with Crippen LogP contribution < -0.4 is 5.32 Å². The standard InChI is InChI=1S/C21H34N2O2/c1-5-25-19-13-21(15-24,20(19,3)4)22-18-11-12-23(14-18)16(2)17-9-7-6-8-10-17/h6-10,16,18-19,22,24H,5,11-15H2,1-4H3/t16-,18-,19-,21-/m1/s1. The lowest BCUT2D eigenvalue weighted by Crippen LogP contribution is -2.75. The minimum atomic E-state index is -0.219. The Morgan fingerprint density at radius 2 is 2.04 bits per heavy atom. The Morgan fingerprint density at radius 1 is 1.32 bits per heavy atom. The monoisotopic (exact) mass is 346 g/mol. The molecule has 0 aromatic heterocycles. The smallest absolute Gasteiger partial charge is 0.0663 e. The first-order chi connectivity index (χ1) is 11.9. The van der Waals surface area contributed by atoms with E-state index in [1.165, 1.54) is 5.56 Å². The molecular weight excluding hydrogens is 312 g/mol. The fraction of sp³-hybridized carbons (Fsp3) is 0.714. The summed E-state index contributed by atoms with van der Waals surface area (Å²) >= 11 is 0. The molecule has 4 nitrogen and oxygen atoms in total. The van der Waals surface area contributed by atoms with Crippen molar-refractivity contribution >= 4 is 0 Å². The third-order valence-corrected chi connectivity index (χ3v) is 6.74. The van der Waals surface area contributed by atoms with Gasteiger partial charge < -0.3 is 15.2 Å². The maximum Gasteiger partial charge on any atom is 0.0663 e. The third-order valence-electron chi connectivity index (χ3n) is 6.74. The van der Waals surface area contributed by atoms with Crippen LogP contribution >= 0.6 is 0 Å². The predicted molar refractivity (Wildman–Crippen MR) is 102 cm³/mol. The van der Waals surface area contributed by atoms with E-state index in [0.29, 0.717) is 12.1 Å². The van der Waals surface area contributed by atoms with Crippen molar-refractivity contribution in [2.75, 3.05) is 26.3 Å². The van der Waals surface area contributed by atoms with Gasteiger partial charge in [-0.25, -0.2) is 0 Å². The molecule has 4 atom stereocenters. The molecule has 25 heavy (non-hydrogen) atoms. The molecule has 1 aliphatic heterocycles. The largest absolute Gasteiger partial charge is 0.394 e. The number of likely N-dealkylation sites (tertiary alicyclic amines) is 1. The van der Waals surface area contributed by atoms with Crippen LogP contribution in [0.1, 0.15) is 52.1 Å². The van der Waals surface area contributed by atoms with Crippen molar-refractivity contribution in [2.24, 2.45) is 5.41 Å². The zero-order valence-corrected chi connectivity index (χ0v) is 16.2. The molecule has 4 heteroatoms. The number of hydrogen-bond acceptors (Lipinski definition) is 4. The van der Waals surface area contributed by atoms with E-state index in [9.17, 15) is 5.11 Å². The summed E-state index contributed by atoms with van der Waals surface area (Å²) < 4.78 is 5.87. The number of nitrogens with one attached hydrogen (secondary N) is 1. The second-order valence-corrected chi connectivity index (χ2v) is 8.32. The van der Waals surface area contributed by atoms with E-state index >= 15 is 0 Å². The van der Waals surface area contributed by atoms with Crippen LogP contribution in [-0.2, 0) is 4.74 Å². The molecule has 0 spiro atoms. The van der Waals surface area contributed by atoms with Gasteiger partial charge in [0.2, 0.25) is 0 Å². The van der Waals surface area contributed by atoms with Crippen molar-refractivity contribution in [1.29, 1.82) is 0 Å². The second kappa shape index (κ2) is 7.36. The highest BCUT2D eigenvalue weighted by atomic mass is 16.5. The van der Waals surface area contributed by atoms with Crippen LogP contribution in [0.4, 0.5) is 0 Å². The van der Waals surface area contributed by atoms with Crippen LogP contribution in [0.25, 0.3) is 0 Å². The van der Waals surface area contributed by atoms with Crippen LogP contribution in [0.5, 0.6) is 0 Å². The first-order valence-corrected chi connectivity index (χ1v) is 9.72. The molecular formula is C21H34N2O2. The van der Waals surface area contributed by atoms with Gasteiger partial charge in [0.15, 0.2) is 0 Å². The van der Waals surface area contributed by atoms with E-state index < -0.39 is 0 Å². The Kier molecular flexibility index (Phi) is 5.54. The highest BCUT2D eigenvalue weighted by molar-refractivity contribution is 5.19. The van der Waals surface area contributed by atoms with E-state index in [2.05, 4.69) is 61.3 Å². The van der Waals surface area contributed by atoms with E-state index in [-0.39, 0.29) is 23.7 Å². The van der Waals surface area contributed by atoms with E-state index in [1.54, 1.807) is 0 Å². The van der Waals surface area contributed by atoms with Crippen LogP contribution in [0, 0.1) is 5.41 Å². The van der Waals surface area contributed by atoms with Gasteiger partial charge in [0.25, 0.3) is 0 Å². The average molecular weight is 347 g/mol. The molecule has 140 valence electrons. The van der Waals surface area contributed by atoms with Gasteiger partial charge in [-0.2, -0.15) is 0 Å². The first kappa shape index (κ1) is 18.8. The average Bonchev–Trinajstić information content (AvgIpc) is 3.09. The quantitative estimate of drug-likeness (QED) is 0.797. The maximum atomic E-state index is 10.1. The fourth-order valence-corrected chi connectivity index (χ4v) is 4.63. The number of hydrogen-bond donors (Lipinski definition) is 2. The lowest BCUT2D eigenvalue weighted by atomic mass is 9.54. The first-order valence-electron chi connectivity index (χ1n) is 9.72. The van der Waals surface area contributed by atoms with Gasteiger partial charge >= 0.3 is 0 Å². The van der Waals surface area contributed by atoms with Crippen molar-refractivity contribution in [3.05, 3.63) is 35.9 Å². The van der Waals surface area contributed by atoms with E-state index in [1.807, 2.05) is 6.92 Å². The van der Waals surface area contributed by atoms with Gasteiger partial charge in [0, 0.05) is 37.2 Å². The summed E-state index contributed by atoms with van der Waals surface area (Å²) in [6.45, 7) is 11.8. The number of rotatable bonds is 7. The van der Waals surface area contributed by atoms with Gasteiger partial charge in [0.05, 0.1) is 18.2 Å². The molecule has 0 amide bonds. The summed E-state index contributed by atoms with van der Waals surface area (Å²) in [5, 5.41) is 14.0. The Balaban J connectivity index is 1.61. The molecule has 1 aliphatic carbocycles. The maximum absolute atomic E-state index is 10.1. The van der Waals surface area contributed by atoms with Crippen molar-refractivity contribution in [3.63, 3.8) is 0 Å². The van der Waals surface area contributed by atoms with Gasteiger partial charge in [-0.3, -0.25) is 4.90 Å². The predicted octanol–water partition coefficient (Wildman–Crippen LogP) is 2.98. The second-order valence-electron chi connectivity index (χ2n) is 8.32. The number of benzene rings is 1. The summed E-state index contributed by atoms with van der Waals surface area (Å²) in [5.74, 6) is 0. The molecule has 0 unspecified atom stereocenters.